The molecule has 1 aliphatic rings. The van der Waals surface area contributed by atoms with Gasteiger partial charge in [0.15, 0.2) is 0 Å². The number of anilines is 1. The van der Waals surface area contributed by atoms with E-state index in [1.54, 1.807) is 0 Å². The Balaban J connectivity index is 1.64. The van der Waals surface area contributed by atoms with E-state index in [-0.39, 0.29) is 17.7 Å². The van der Waals surface area contributed by atoms with Gasteiger partial charge in [-0.3, -0.25) is 4.79 Å². The Kier molecular flexibility index (Phi) is 4.83. The van der Waals surface area contributed by atoms with Crippen LogP contribution in [-0.4, -0.2) is 16.1 Å². The SMILES string of the molecule is C[C@H](c1ccccc1)c1nnc(NC(=O)C2CCCCC2)s1. The van der Waals surface area contributed by atoms with E-state index in [1.165, 1.54) is 23.3 Å². The zero-order chi connectivity index (χ0) is 15.4. The summed E-state index contributed by atoms with van der Waals surface area (Å²) < 4.78 is 0. The molecule has 0 saturated heterocycles. The lowest BCUT2D eigenvalue weighted by Gasteiger charge is -2.19. The fraction of sp³-hybridized carbons (Fsp3) is 0.471. The van der Waals surface area contributed by atoms with Gasteiger partial charge in [-0.1, -0.05) is 67.9 Å². The summed E-state index contributed by atoms with van der Waals surface area (Å²) in [5, 5.41) is 12.9. The van der Waals surface area contributed by atoms with Crippen molar-refractivity contribution in [3.63, 3.8) is 0 Å². The lowest BCUT2D eigenvalue weighted by molar-refractivity contribution is -0.120. The minimum atomic E-state index is 0.106. The number of carbonyl (C=O) groups excluding carboxylic acids is 1. The molecule has 1 aromatic carbocycles. The van der Waals surface area contributed by atoms with E-state index in [4.69, 9.17) is 0 Å². The van der Waals surface area contributed by atoms with Gasteiger partial charge in [0.1, 0.15) is 5.01 Å². The highest BCUT2D eigenvalue weighted by molar-refractivity contribution is 7.15. The van der Waals surface area contributed by atoms with Crippen LogP contribution in [0, 0.1) is 5.92 Å². The Hall–Kier alpha value is -1.75. The molecule has 0 bridgehead atoms. The summed E-state index contributed by atoms with van der Waals surface area (Å²) in [6, 6.07) is 10.2. The van der Waals surface area contributed by atoms with Crippen LogP contribution in [0.25, 0.3) is 0 Å². The number of carbonyl (C=O) groups is 1. The number of nitrogens with one attached hydrogen (secondary N) is 1. The van der Waals surface area contributed by atoms with E-state index in [1.807, 2.05) is 18.2 Å². The lowest BCUT2D eigenvalue weighted by Crippen LogP contribution is -2.24. The minimum absolute atomic E-state index is 0.106. The van der Waals surface area contributed by atoms with Crippen molar-refractivity contribution in [2.24, 2.45) is 5.92 Å². The van der Waals surface area contributed by atoms with E-state index < -0.39 is 0 Å². The number of nitrogens with zero attached hydrogens (tertiary/aromatic N) is 2. The quantitative estimate of drug-likeness (QED) is 0.919. The van der Waals surface area contributed by atoms with Crippen molar-refractivity contribution >= 4 is 22.4 Å². The smallest absolute Gasteiger partial charge is 0.229 e. The fourth-order valence-corrected chi connectivity index (χ4v) is 3.74. The Morgan fingerprint density at radius 3 is 2.64 bits per heavy atom. The predicted octanol–water partition coefficient (Wildman–Crippen LogP) is 4.21. The normalized spacial score (nSPS) is 17.1. The summed E-state index contributed by atoms with van der Waals surface area (Å²) in [7, 11) is 0. The van der Waals surface area contributed by atoms with Gasteiger partial charge in [0.05, 0.1) is 0 Å². The molecular weight excluding hydrogens is 294 g/mol. The van der Waals surface area contributed by atoms with Gasteiger partial charge in [0.25, 0.3) is 0 Å². The van der Waals surface area contributed by atoms with Crippen LogP contribution >= 0.6 is 11.3 Å². The first-order valence-electron chi connectivity index (χ1n) is 7.93. The summed E-state index contributed by atoms with van der Waals surface area (Å²) in [5.41, 5.74) is 1.21. The summed E-state index contributed by atoms with van der Waals surface area (Å²) in [6.45, 7) is 2.11. The van der Waals surface area contributed by atoms with Gasteiger partial charge in [0, 0.05) is 11.8 Å². The number of amides is 1. The maximum atomic E-state index is 12.2. The first-order chi connectivity index (χ1) is 10.7. The minimum Gasteiger partial charge on any atom is -0.300 e. The van der Waals surface area contributed by atoms with Gasteiger partial charge in [-0.2, -0.15) is 0 Å². The molecule has 1 N–H and O–H groups in total. The molecule has 0 aliphatic heterocycles. The van der Waals surface area contributed by atoms with E-state index in [0.29, 0.717) is 5.13 Å². The molecule has 3 rings (SSSR count). The zero-order valence-electron chi connectivity index (χ0n) is 12.8. The molecule has 116 valence electrons. The van der Waals surface area contributed by atoms with Gasteiger partial charge < -0.3 is 5.32 Å². The highest BCUT2D eigenvalue weighted by Crippen LogP contribution is 2.30. The Morgan fingerprint density at radius 2 is 1.91 bits per heavy atom. The molecular formula is C17H21N3OS. The third-order valence-electron chi connectivity index (χ3n) is 4.32. The molecule has 1 aliphatic carbocycles. The van der Waals surface area contributed by atoms with Crippen molar-refractivity contribution in [3.8, 4) is 0 Å². The largest absolute Gasteiger partial charge is 0.300 e. The molecule has 0 spiro atoms. The number of hydrogen-bond acceptors (Lipinski definition) is 4. The van der Waals surface area contributed by atoms with Crippen LogP contribution in [0.1, 0.15) is 55.5 Å². The second-order valence-corrected chi connectivity index (χ2v) is 6.91. The first-order valence-corrected chi connectivity index (χ1v) is 8.75. The molecule has 1 fully saturated rings. The van der Waals surface area contributed by atoms with Crippen molar-refractivity contribution in [2.45, 2.75) is 44.9 Å². The van der Waals surface area contributed by atoms with Crippen LogP contribution in [0.5, 0.6) is 0 Å². The number of aromatic nitrogens is 2. The van der Waals surface area contributed by atoms with Crippen LogP contribution in [0.2, 0.25) is 0 Å². The Labute approximate surface area is 135 Å². The molecule has 1 saturated carbocycles. The topological polar surface area (TPSA) is 54.9 Å². The number of hydrogen-bond donors (Lipinski definition) is 1. The molecule has 22 heavy (non-hydrogen) atoms. The van der Waals surface area contributed by atoms with E-state index >= 15 is 0 Å². The highest BCUT2D eigenvalue weighted by atomic mass is 32.1. The average molecular weight is 315 g/mol. The van der Waals surface area contributed by atoms with E-state index in [0.717, 1.165) is 30.7 Å². The summed E-state index contributed by atoms with van der Waals surface area (Å²) in [6.07, 6.45) is 5.56. The third kappa shape index (κ3) is 3.53. The van der Waals surface area contributed by atoms with Crippen molar-refractivity contribution in [1.82, 2.24) is 10.2 Å². The molecule has 1 amide bonds. The van der Waals surface area contributed by atoms with Crippen LogP contribution in [0.3, 0.4) is 0 Å². The van der Waals surface area contributed by atoms with Gasteiger partial charge in [-0.15, -0.1) is 10.2 Å². The molecule has 0 radical (unpaired) electrons. The van der Waals surface area contributed by atoms with Crippen LogP contribution in [0.15, 0.2) is 30.3 Å². The van der Waals surface area contributed by atoms with Gasteiger partial charge in [0.2, 0.25) is 11.0 Å². The summed E-state index contributed by atoms with van der Waals surface area (Å²) >= 11 is 1.47. The molecule has 1 atom stereocenters. The standard InChI is InChI=1S/C17H21N3OS/c1-12(13-8-4-2-5-9-13)16-19-20-17(22-16)18-15(21)14-10-6-3-7-11-14/h2,4-5,8-9,12,14H,3,6-7,10-11H2,1H3,(H,18,20,21)/t12-/m1/s1. The first kappa shape index (κ1) is 15.2. The van der Waals surface area contributed by atoms with Crippen molar-refractivity contribution in [3.05, 3.63) is 40.9 Å². The van der Waals surface area contributed by atoms with Crippen molar-refractivity contribution in [2.75, 3.05) is 5.32 Å². The highest BCUT2D eigenvalue weighted by Gasteiger charge is 2.22. The van der Waals surface area contributed by atoms with Gasteiger partial charge >= 0.3 is 0 Å². The summed E-state index contributed by atoms with van der Waals surface area (Å²) in [4.78, 5) is 12.2. The zero-order valence-corrected chi connectivity index (χ0v) is 13.6. The summed E-state index contributed by atoms with van der Waals surface area (Å²) in [5.74, 6) is 0.446. The van der Waals surface area contributed by atoms with Gasteiger partial charge in [-0.25, -0.2) is 0 Å². The molecule has 5 heteroatoms. The second kappa shape index (κ2) is 7.01. The van der Waals surface area contributed by atoms with Gasteiger partial charge in [-0.05, 0) is 18.4 Å². The molecule has 0 unspecified atom stereocenters. The number of benzene rings is 1. The lowest BCUT2D eigenvalue weighted by atomic mass is 9.89. The number of rotatable bonds is 4. The Morgan fingerprint density at radius 1 is 1.18 bits per heavy atom. The Bertz CT molecular complexity index is 620. The van der Waals surface area contributed by atoms with Crippen molar-refractivity contribution < 1.29 is 4.79 Å². The second-order valence-electron chi connectivity index (χ2n) is 5.90. The fourth-order valence-electron chi connectivity index (χ4n) is 2.92. The average Bonchev–Trinajstić information content (AvgIpc) is 3.04. The van der Waals surface area contributed by atoms with Crippen LogP contribution < -0.4 is 5.32 Å². The van der Waals surface area contributed by atoms with Crippen LogP contribution in [-0.2, 0) is 4.79 Å². The van der Waals surface area contributed by atoms with E-state index in [9.17, 15) is 4.79 Å². The van der Waals surface area contributed by atoms with E-state index in [2.05, 4.69) is 34.6 Å². The maximum absolute atomic E-state index is 12.2. The molecule has 4 nitrogen and oxygen atoms in total. The molecule has 2 aromatic rings. The molecule has 1 aromatic heterocycles. The predicted molar refractivity (Wildman–Crippen MR) is 89.1 cm³/mol. The molecule has 1 heterocycles. The maximum Gasteiger partial charge on any atom is 0.229 e. The monoisotopic (exact) mass is 315 g/mol. The van der Waals surface area contributed by atoms with Crippen LogP contribution in [0.4, 0.5) is 5.13 Å². The van der Waals surface area contributed by atoms with Crippen molar-refractivity contribution in [1.29, 1.82) is 0 Å². The third-order valence-corrected chi connectivity index (χ3v) is 5.34.